The minimum atomic E-state index is -0.550. The third kappa shape index (κ3) is 10.6. The number of ether oxygens (including phenoxy) is 2. The van der Waals surface area contributed by atoms with E-state index >= 15 is 0 Å². The van der Waals surface area contributed by atoms with Gasteiger partial charge < -0.3 is 44.2 Å². The highest BCUT2D eigenvalue weighted by Gasteiger charge is 2.30. The molecule has 0 radical (unpaired) electrons. The van der Waals surface area contributed by atoms with Crippen LogP contribution in [0, 0.1) is 0 Å². The lowest BCUT2D eigenvalue weighted by atomic mass is 10.2. The van der Waals surface area contributed by atoms with Crippen LogP contribution in [-0.2, 0) is 16.1 Å². The molecule has 54 heavy (non-hydrogen) atoms. The first-order valence-corrected chi connectivity index (χ1v) is 19.3. The number of nitrogens with zero attached hydrogens (tertiary/aromatic N) is 12. The number of rotatable bonds is 11. The molecule has 3 aromatic rings. The van der Waals surface area contributed by atoms with Crippen molar-refractivity contribution in [3.63, 3.8) is 0 Å². The molecule has 0 spiro atoms. The lowest BCUT2D eigenvalue weighted by Gasteiger charge is -2.37. The maximum atomic E-state index is 12.8. The van der Waals surface area contributed by atoms with Crippen LogP contribution in [-0.4, -0.2) is 143 Å². The van der Waals surface area contributed by atoms with Crippen LogP contribution in [0.25, 0.3) is 0 Å². The quantitative estimate of drug-likeness (QED) is 0.277. The summed E-state index contributed by atoms with van der Waals surface area (Å²) >= 11 is 6.42. The molecule has 2 amide bonds. The Morgan fingerprint density at radius 1 is 0.667 bits per heavy atom. The van der Waals surface area contributed by atoms with Gasteiger partial charge in [0.15, 0.2) is 0 Å². The Kier molecular flexibility index (Phi) is 12.9. The van der Waals surface area contributed by atoms with E-state index < -0.39 is 5.60 Å². The Morgan fingerprint density at radius 3 is 1.61 bits per heavy atom. The molecule has 0 atom stereocenters. The predicted molar refractivity (Wildman–Crippen MR) is 208 cm³/mol. The van der Waals surface area contributed by atoms with Crippen LogP contribution in [0.15, 0.2) is 30.3 Å². The first-order chi connectivity index (χ1) is 26.0. The minimum Gasteiger partial charge on any atom is -0.445 e. The highest BCUT2D eigenvalue weighted by Crippen LogP contribution is 2.24. The van der Waals surface area contributed by atoms with Gasteiger partial charge in [-0.25, -0.2) is 9.59 Å². The van der Waals surface area contributed by atoms with Gasteiger partial charge in [-0.05, 0) is 44.4 Å². The Balaban J connectivity index is 1.07. The van der Waals surface area contributed by atoms with Crippen molar-refractivity contribution in [3.05, 3.63) is 41.2 Å². The molecule has 17 nitrogen and oxygen atoms in total. The fourth-order valence-corrected chi connectivity index (χ4v) is 6.48. The number of carbonyl (C=O) groups excluding carboxylic acids is 2. The summed E-state index contributed by atoms with van der Waals surface area (Å²) in [6.07, 6.45) is 2.62. The number of halogens is 1. The summed E-state index contributed by atoms with van der Waals surface area (Å²) in [6.45, 7) is 15.5. The van der Waals surface area contributed by atoms with Gasteiger partial charge in [-0.15, -0.1) is 0 Å². The fourth-order valence-electron chi connectivity index (χ4n) is 6.32. The van der Waals surface area contributed by atoms with Gasteiger partial charge in [-0.2, -0.15) is 29.9 Å². The first kappa shape index (κ1) is 38.8. The van der Waals surface area contributed by atoms with E-state index in [1.807, 2.05) is 56.0 Å². The fraction of sp³-hybridized carbons (Fsp3) is 0.611. The van der Waals surface area contributed by atoms with Gasteiger partial charge in [0.25, 0.3) is 0 Å². The largest absolute Gasteiger partial charge is 0.445 e. The molecule has 2 aromatic heterocycles. The molecule has 292 valence electrons. The van der Waals surface area contributed by atoms with Crippen LogP contribution in [0.2, 0.25) is 5.28 Å². The number of hydrogen-bond donors (Lipinski definition) is 1. The van der Waals surface area contributed by atoms with Crippen molar-refractivity contribution in [1.29, 1.82) is 0 Å². The molecular formula is C36H52ClN13O4. The maximum absolute atomic E-state index is 12.8. The summed E-state index contributed by atoms with van der Waals surface area (Å²) < 4.78 is 11.1. The smallest absolute Gasteiger partial charge is 0.410 e. The molecule has 3 saturated heterocycles. The van der Waals surface area contributed by atoms with Gasteiger partial charge >= 0.3 is 12.2 Å². The molecule has 0 aliphatic carbocycles. The topological polar surface area (TPSA) is 161 Å². The maximum Gasteiger partial charge on any atom is 0.410 e. The van der Waals surface area contributed by atoms with Gasteiger partial charge in [-0.1, -0.05) is 50.1 Å². The van der Waals surface area contributed by atoms with E-state index in [1.165, 1.54) is 0 Å². The van der Waals surface area contributed by atoms with Gasteiger partial charge in [-0.3, -0.25) is 0 Å². The molecule has 0 saturated carbocycles. The third-order valence-electron chi connectivity index (χ3n) is 9.35. The number of carbonyl (C=O) groups is 2. The van der Waals surface area contributed by atoms with Crippen LogP contribution in [0.4, 0.5) is 39.3 Å². The number of aromatic nitrogens is 6. The summed E-state index contributed by atoms with van der Waals surface area (Å²) in [5.74, 6) is 2.72. The number of nitrogens with one attached hydrogen (secondary N) is 1. The molecule has 1 aromatic carbocycles. The molecule has 1 N–H and O–H groups in total. The first-order valence-electron chi connectivity index (χ1n) is 18.9. The second-order valence-corrected chi connectivity index (χ2v) is 14.9. The lowest BCUT2D eigenvalue weighted by Crippen LogP contribution is -2.51. The van der Waals surface area contributed by atoms with Crippen molar-refractivity contribution in [3.8, 4) is 0 Å². The number of hydrogen-bond acceptors (Lipinski definition) is 15. The van der Waals surface area contributed by atoms with E-state index in [4.69, 9.17) is 41.0 Å². The second-order valence-electron chi connectivity index (χ2n) is 14.5. The molecule has 18 heteroatoms. The Labute approximate surface area is 322 Å². The van der Waals surface area contributed by atoms with Crippen molar-refractivity contribution in [2.45, 2.75) is 59.2 Å². The minimum absolute atomic E-state index is 0.123. The van der Waals surface area contributed by atoms with Crippen LogP contribution in [0.5, 0.6) is 0 Å². The number of amides is 2. The SMILES string of the molecule is CCCCCNc1nc(N2CCN(C(=O)OCc3ccccc3)CC2)nc(N2CCN(c3nc(Cl)nc(N4CCN(C(=O)OC(C)(C)C)CC4)n3)CC2)n1. The van der Waals surface area contributed by atoms with Crippen molar-refractivity contribution in [2.75, 3.05) is 110 Å². The monoisotopic (exact) mass is 765 g/mol. The van der Waals surface area contributed by atoms with Crippen molar-refractivity contribution < 1.29 is 19.1 Å². The van der Waals surface area contributed by atoms with Crippen LogP contribution < -0.4 is 24.9 Å². The van der Waals surface area contributed by atoms with Crippen molar-refractivity contribution in [2.24, 2.45) is 0 Å². The molecule has 0 bridgehead atoms. The molecule has 3 aliphatic heterocycles. The zero-order chi connectivity index (χ0) is 38.1. The summed E-state index contributed by atoms with van der Waals surface area (Å²) in [7, 11) is 0. The third-order valence-corrected chi connectivity index (χ3v) is 9.51. The van der Waals surface area contributed by atoms with E-state index in [1.54, 1.807) is 9.80 Å². The Hall–Kier alpha value is -4.93. The number of piperazine rings is 3. The van der Waals surface area contributed by atoms with Gasteiger partial charge in [0.2, 0.25) is 35.0 Å². The summed E-state index contributed by atoms with van der Waals surface area (Å²) in [5, 5.41) is 3.53. The standard InChI is InChI=1S/C36H52ClN13O4/c1-5-6-10-13-38-29-41-32(44-33(42-29)48-18-22-49(23-19-48)34(51)53-26-27-11-8-7-9-12-27)47-16-14-45(15-17-47)30-39-28(37)40-31(43-30)46-20-24-50(25-21-46)35(52)54-36(2,3)4/h7-9,11-12H,5-6,10,13-26H2,1-4H3,(H,38,41,42,44). The molecular weight excluding hydrogens is 714 g/mol. The average Bonchev–Trinajstić information content (AvgIpc) is 3.18. The van der Waals surface area contributed by atoms with E-state index in [-0.39, 0.29) is 24.1 Å². The lowest BCUT2D eigenvalue weighted by molar-refractivity contribution is 0.0240. The zero-order valence-electron chi connectivity index (χ0n) is 31.8. The Bertz CT molecular complexity index is 1690. The van der Waals surface area contributed by atoms with Crippen LogP contribution in [0.3, 0.4) is 0 Å². The van der Waals surface area contributed by atoms with Crippen molar-refractivity contribution in [1.82, 2.24) is 39.7 Å². The molecule has 5 heterocycles. The van der Waals surface area contributed by atoms with Gasteiger partial charge in [0, 0.05) is 85.1 Å². The predicted octanol–water partition coefficient (Wildman–Crippen LogP) is 4.15. The zero-order valence-corrected chi connectivity index (χ0v) is 32.5. The van der Waals surface area contributed by atoms with E-state index in [0.29, 0.717) is 108 Å². The van der Waals surface area contributed by atoms with E-state index in [2.05, 4.69) is 36.9 Å². The Morgan fingerprint density at radius 2 is 1.13 bits per heavy atom. The molecule has 3 fully saturated rings. The van der Waals surface area contributed by atoms with Crippen LogP contribution in [0.1, 0.15) is 52.5 Å². The summed E-state index contributed by atoms with van der Waals surface area (Å²) in [5.41, 5.74) is 0.405. The van der Waals surface area contributed by atoms with Crippen molar-refractivity contribution >= 4 is 53.5 Å². The number of anilines is 5. The van der Waals surface area contributed by atoms with E-state index in [9.17, 15) is 9.59 Å². The van der Waals surface area contributed by atoms with Crippen LogP contribution >= 0.6 is 11.6 Å². The number of benzene rings is 1. The molecule has 3 aliphatic rings. The molecule has 6 rings (SSSR count). The van der Waals surface area contributed by atoms with E-state index in [0.717, 1.165) is 31.4 Å². The second kappa shape index (κ2) is 17.9. The highest BCUT2D eigenvalue weighted by atomic mass is 35.5. The average molecular weight is 766 g/mol. The number of unbranched alkanes of at least 4 members (excludes halogenated alkanes) is 2. The molecule has 0 unspecified atom stereocenters. The highest BCUT2D eigenvalue weighted by molar-refractivity contribution is 6.28. The normalized spacial score (nSPS) is 16.8. The summed E-state index contributed by atoms with van der Waals surface area (Å²) in [6, 6.07) is 9.68. The van der Waals surface area contributed by atoms with Gasteiger partial charge in [0.05, 0.1) is 0 Å². The van der Waals surface area contributed by atoms with Gasteiger partial charge in [0.1, 0.15) is 12.2 Å². The summed E-state index contributed by atoms with van der Waals surface area (Å²) in [4.78, 5) is 65.4.